The molecule has 0 saturated heterocycles. The fourth-order valence-corrected chi connectivity index (χ4v) is 2.02. The van der Waals surface area contributed by atoms with Crippen molar-refractivity contribution in [2.45, 2.75) is 6.54 Å². The SMILES string of the molecule is COc1cc(Cl)c(NCc2ccc(O)cc2)cc1OC. The zero-order valence-corrected chi connectivity index (χ0v) is 12.1. The highest BCUT2D eigenvalue weighted by atomic mass is 35.5. The van der Waals surface area contributed by atoms with Crippen LogP contribution in [-0.4, -0.2) is 19.3 Å². The molecule has 0 heterocycles. The highest BCUT2D eigenvalue weighted by Crippen LogP contribution is 2.36. The first kappa shape index (κ1) is 14.3. The van der Waals surface area contributed by atoms with Gasteiger partial charge in [0.05, 0.1) is 24.9 Å². The third-order valence-electron chi connectivity index (χ3n) is 2.89. The molecule has 0 spiro atoms. The van der Waals surface area contributed by atoms with E-state index in [9.17, 15) is 5.11 Å². The summed E-state index contributed by atoms with van der Waals surface area (Å²) in [6.07, 6.45) is 0. The van der Waals surface area contributed by atoms with Crippen molar-refractivity contribution in [3.05, 3.63) is 47.0 Å². The number of methoxy groups -OCH3 is 2. The Kier molecular flexibility index (Phi) is 4.58. The van der Waals surface area contributed by atoms with Crippen LogP contribution in [0.4, 0.5) is 5.69 Å². The summed E-state index contributed by atoms with van der Waals surface area (Å²) in [5.41, 5.74) is 1.80. The molecular weight excluding hydrogens is 278 g/mol. The number of halogens is 1. The van der Waals surface area contributed by atoms with E-state index in [1.165, 1.54) is 0 Å². The Morgan fingerprint density at radius 2 is 1.65 bits per heavy atom. The van der Waals surface area contributed by atoms with Gasteiger partial charge in [-0.3, -0.25) is 0 Å². The van der Waals surface area contributed by atoms with Crippen LogP contribution in [-0.2, 0) is 6.54 Å². The molecule has 2 rings (SSSR count). The van der Waals surface area contributed by atoms with Gasteiger partial charge in [0.1, 0.15) is 5.75 Å². The predicted octanol–water partition coefficient (Wildman–Crippen LogP) is 3.67. The highest BCUT2D eigenvalue weighted by Gasteiger charge is 2.09. The number of rotatable bonds is 5. The molecule has 0 aliphatic carbocycles. The van der Waals surface area contributed by atoms with E-state index in [0.29, 0.717) is 23.1 Å². The van der Waals surface area contributed by atoms with Crippen LogP contribution >= 0.6 is 11.6 Å². The maximum Gasteiger partial charge on any atom is 0.162 e. The molecule has 0 radical (unpaired) electrons. The minimum absolute atomic E-state index is 0.248. The van der Waals surface area contributed by atoms with Gasteiger partial charge in [0.2, 0.25) is 0 Å². The largest absolute Gasteiger partial charge is 0.508 e. The molecule has 2 aromatic rings. The highest BCUT2D eigenvalue weighted by molar-refractivity contribution is 6.33. The number of nitrogens with one attached hydrogen (secondary N) is 1. The Morgan fingerprint density at radius 3 is 2.25 bits per heavy atom. The van der Waals surface area contributed by atoms with Gasteiger partial charge >= 0.3 is 0 Å². The summed E-state index contributed by atoms with van der Waals surface area (Å²) in [5, 5.41) is 13.0. The number of hydrogen-bond donors (Lipinski definition) is 2. The molecule has 20 heavy (non-hydrogen) atoms. The predicted molar refractivity (Wildman–Crippen MR) is 80.0 cm³/mol. The lowest BCUT2D eigenvalue weighted by atomic mass is 10.2. The van der Waals surface area contributed by atoms with Gasteiger partial charge in [-0.2, -0.15) is 0 Å². The number of hydrogen-bond acceptors (Lipinski definition) is 4. The van der Waals surface area contributed by atoms with Crippen molar-refractivity contribution in [2.24, 2.45) is 0 Å². The summed E-state index contributed by atoms with van der Waals surface area (Å²) in [6, 6.07) is 10.5. The topological polar surface area (TPSA) is 50.7 Å². The van der Waals surface area contributed by atoms with Gasteiger partial charge in [0, 0.05) is 18.7 Å². The molecule has 0 aromatic heterocycles. The minimum atomic E-state index is 0.248. The zero-order chi connectivity index (χ0) is 14.5. The molecule has 0 saturated carbocycles. The molecule has 0 aliphatic rings. The Labute approximate surface area is 122 Å². The first-order valence-corrected chi connectivity index (χ1v) is 6.45. The van der Waals surface area contributed by atoms with Crippen LogP contribution in [0.1, 0.15) is 5.56 Å². The summed E-state index contributed by atoms with van der Waals surface area (Å²) in [4.78, 5) is 0. The molecule has 0 unspecified atom stereocenters. The molecule has 2 N–H and O–H groups in total. The van der Waals surface area contributed by atoms with Crippen molar-refractivity contribution in [3.63, 3.8) is 0 Å². The average Bonchev–Trinajstić information content (AvgIpc) is 2.47. The molecule has 0 amide bonds. The number of benzene rings is 2. The van der Waals surface area contributed by atoms with Gasteiger partial charge in [-0.1, -0.05) is 23.7 Å². The van der Waals surface area contributed by atoms with E-state index >= 15 is 0 Å². The fourth-order valence-electron chi connectivity index (χ4n) is 1.80. The Bertz CT molecular complexity index is 584. The molecule has 0 atom stereocenters. The fraction of sp³-hybridized carbons (Fsp3) is 0.200. The van der Waals surface area contributed by atoms with Crippen LogP contribution in [0.5, 0.6) is 17.2 Å². The van der Waals surface area contributed by atoms with Crippen LogP contribution in [0.15, 0.2) is 36.4 Å². The van der Waals surface area contributed by atoms with E-state index in [1.807, 2.05) is 12.1 Å². The molecule has 0 aliphatic heterocycles. The summed E-state index contributed by atoms with van der Waals surface area (Å²) in [6.45, 7) is 0.593. The standard InChI is InChI=1S/C15H16ClNO3/c1-19-14-7-12(16)13(8-15(14)20-2)17-9-10-3-5-11(18)6-4-10/h3-8,17-18H,9H2,1-2H3. The summed E-state index contributed by atoms with van der Waals surface area (Å²) >= 11 is 6.19. The third-order valence-corrected chi connectivity index (χ3v) is 3.21. The van der Waals surface area contributed by atoms with Crippen LogP contribution in [0.3, 0.4) is 0 Å². The minimum Gasteiger partial charge on any atom is -0.508 e. The zero-order valence-electron chi connectivity index (χ0n) is 11.3. The third kappa shape index (κ3) is 3.27. The number of ether oxygens (including phenoxy) is 2. The molecule has 4 nitrogen and oxygen atoms in total. The normalized spacial score (nSPS) is 10.2. The lowest BCUT2D eigenvalue weighted by molar-refractivity contribution is 0.355. The molecule has 106 valence electrons. The summed E-state index contributed by atoms with van der Waals surface area (Å²) in [7, 11) is 3.15. The van der Waals surface area contributed by atoms with Crippen LogP contribution < -0.4 is 14.8 Å². The van der Waals surface area contributed by atoms with E-state index in [1.54, 1.807) is 38.5 Å². The van der Waals surface area contributed by atoms with Gasteiger partial charge in [-0.25, -0.2) is 0 Å². The second-order valence-corrected chi connectivity index (χ2v) is 4.61. The van der Waals surface area contributed by atoms with Crippen molar-refractivity contribution >= 4 is 17.3 Å². The molecule has 2 aromatic carbocycles. The maximum atomic E-state index is 9.24. The van der Waals surface area contributed by atoms with Gasteiger partial charge in [0.15, 0.2) is 11.5 Å². The number of anilines is 1. The monoisotopic (exact) mass is 293 g/mol. The van der Waals surface area contributed by atoms with E-state index in [4.69, 9.17) is 21.1 Å². The second-order valence-electron chi connectivity index (χ2n) is 4.21. The number of aromatic hydroxyl groups is 1. The molecule has 0 fully saturated rings. The first-order chi connectivity index (χ1) is 9.63. The number of phenolic OH excluding ortho intramolecular Hbond substituents is 1. The van der Waals surface area contributed by atoms with Crippen LogP contribution in [0.25, 0.3) is 0 Å². The average molecular weight is 294 g/mol. The van der Waals surface area contributed by atoms with Crippen molar-refractivity contribution in [2.75, 3.05) is 19.5 Å². The Hall–Kier alpha value is -2.07. The summed E-state index contributed by atoms with van der Waals surface area (Å²) in [5.74, 6) is 1.45. The van der Waals surface area contributed by atoms with Gasteiger partial charge in [0.25, 0.3) is 0 Å². The lowest BCUT2D eigenvalue weighted by Crippen LogP contribution is -2.01. The van der Waals surface area contributed by atoms with E-state index < -0.39 is 0 Å². The number of phenols is 1. The van der Waals surface area contributed by atoms with Crippen molar-refractivity contribution in [3.8, 4) is 17.2 Å². The molecule has 5 heteroatoms. The van der Waals surface area contributed by atoms with Gasteiger partial charge in [-0.15, -0.1) is 0 Å². The van der Waals surface area contributed by atoms with Crippen LogP contribution in [0.2, 0.25) is 5.02 Å². The Balaban J connectivity index is 2.14. The van der Waals surface area contributed by atoms with Crippen LogP contribution in [0, 0.1) is 0 Å². The van der Waals surface area contributed by atoms with Crippen molar-refractivity contribution in [1.82, 2.24) is 0 Å². The van der Waals surface area contributed by atoms with Gasteiger partial charge < -0.3 is 19.9 Å². The van der Waals surface area contributed by atoms with Crippen molar-refractivity contribution < 1.29 is 14.6 Å². The molecular formula is C15H16ClNO3. The van der Waals surface area contributed by atoms with E-state index in [2.05, 4.69) is 5.32 Å². The van der Waals surface area contributed by atoms with E-state index in [0.717, 1.165) is 11.3 Å². The Morgan fingerprint density at radius 1 is 1.05 bits per heavy atom. The molecule has 0 bridgehead atoms. The van der Waals surface area contributed by atoms with Crippen molar-refractivity contribution in [1.29, 1.82) is 0 Å². The van der Waals surface area contributed by atoms with E-state index in [-0.39, 0.29) is 5.75 Å². The smallest absolute Gasteiger partial charge is 0.162 e. The van der Waals surface area contributed by atoms with Gasteiger partial charge in [-0.05, 0) is 17.7 Å². The maximum absolute atomic E-state index is 9.24. The second kappa shape index (κ2) is 6.39. The quantitative estimate of drug-likeness (QED) is 0.883. The lowest BCUT2D eigenvalue weighted by Gasteiger charge is -2.13. The summed E-state index contributed by atoms with van der Waals surface area (Å²) < 4.78 is 10.4. The first-order valence-electron chi connectivity index (χ1n) is 6.07.